The smallest absolute Gasteiger partial charge is 0.163 e. The summed E-state index contributed by atoms with van der Waals surface area (Å²) in [4.78, 5) is 5.12. The fourth-order valence-corrected chi connectivity index (χ4v) is 6.87. The van der Waals surface area contributed by atoms with Crippen LogP contribution in [-0.4, -0.2) is 34.2 Å². The van der Waals surface area contributed by atoms with Gasteiger partial charge in [-0.1, -0.05) is 152 Å². The predicted octanol–water partition coefficient (Wildman–Crippen LogP) is 8.72. The van der Waals surface area contributed by atoms with E-state index in [0.29, 0.717) is 19.8 Å². The van der Waals surface area contributed by atoms with Crippen LogP contribution in [0.1, 0.15) is 53.6 Å². The zero-order chi connectivity index (χ0) is 33.5. The number of imidazole rings is 1. The van der Waals surface area contributed by atoms with Crippen molar-refractivity contribution in [1.82, 2.24) is 9.55 Å². The van der Waals surface area contributed by atoms with Crippen molar-refractivity contribution in [1.29, 1.82) is 0 Å². The Morgan fingerprint density at radius 2 is 1.12 bits per heavy atom. The Balaban J connectivity index is 1.42. The van der Waals surface area contributed by atoms with Crippen LogP contribution in [0.4, 0.5) is 0 Å². The van der Waals surface area contributed by atoms with Gasteiger partial charge in [0.25, 0.3) is 0 Å². The largest absolute Gasteiger partial charge is 0.368 e. The van der Waals surface area contributed by atoms with Crippen LogP contribution in [0, 0.1) is 0 Å². The maximum absolute atomic E-state index is 7.00. The number of hydrogen-bond acceptors (Lipinski definition) is 5. The first-order valence-corrected chi connectivity index (χ1v) is 16.9. The molecule has 1 aliphatic heterocycles. The fourth-order valence-electron chi connectivity index (χ4n) is 6.87. The van der Waals surface area contributed by atoms with Crippen molar-refractivity contribution in [3.05, 3.63) is 198 Å². The fraction of sp³-hybridized carbons (Fsp3) is 0.233. The Morgan fingerprint density at radius 1 is 0.673 bits per heavy atom. The van der Waals surface area contributed by atoms with Crippen molar-refractivity contribution in [2.75, 3.05) is 6.61 Å². The average molecular weight is 651 g/mol. The number of rotatable bonds is 13. The molecule has 0 N–H and O–H groups in total. The van der Waals surface area contributed by atoms with Gasteiger partial charge in [-0.25, -0.2) is 4.98 Å². The SMILES string of the molecule is CC1(C)OC[C@H]([C@@H](OCc2ccccc2)[C@H](OCc2ccccc2)c2nccn2C(c2ccccc2)(c2ccccc2)c2ccccc2)O1. The van der Waals surface area contributed by atoms with Gasteiger partial charge in [0.15, 0.2) is 5.79 Å². The average Bonchev–Trinajstić information content (AvgIpc) is 3.78. The first kappa shape index (κ1) is 32.7. The van der Waals surface area contributed by atoms with Gasteiger partial charge < -0.3 is 23.5 Å². The van der Waals surface area contributed by atoms with E-state index in [9.17, 15) is 0 Å². The third-order valence-electron chi connectivity index (χ3n) is 9.11. The minimum atomic E-state index is -0.791. The summed E-state index contributed by atoms with van der Waals surface area (Å²) in [6.45, 7) is 4.97. The monoisotopic (exact) mass is 650 g/mol. The van der Waals surface area contributed by atoms with Crippen molar-refractivity contribution < 1.29 is 18.9 Å². The van der Waals surface area contributed by atoms with Gasteiger partial charge in [-0.3, -0.25) is 0 Å². The highest BCUT2D eigenvalue weighted by Gasteiger charge is 2.47. The predicted molar refractivity (Wildman–Crippen MR) is 191 cm³/mol. The van der Waals surface area contributed by atoms with E-state index in [-0.39, 0.29) is 0 Å². The highest BCUT2D eigenvalue weighted by molar-refractivity contribution is 5.51. The Bertz CT molecular complexity index is 1780. The molecule has 7 rings (SSSR count). The van der Waals surface area contributed by atoms with E-state index in [1.165, 1.54) is 0 Å². The summed E-state index contributed by atoms with van der Waals surface area (Å²) in [6.07, 6.45) is 2.31. The standard InChI is InChI=1S/C43H42N2O4/c1-42(2)48-32-38(49-42)39(46-30-33-18-8-3-9-19-33)40(47-31-34-20-10-4-11-21-34)41-44-28-29-45(41)43(35-22-12-5-13-23-35,36-24-14-6-15-25-36)37-26-16-7-17-27-37/h3-29,38-40H,30-32H2,1-2H3/t38-,39-,40+/m1/s1. The van der Waals surface area contributed by atoms with Crippen LogP contribution in [0.25, 0.3) is 0 Å². The molecule has 248 valence electrons. The van der Waals surface area contributed by atoms with Crippen molar-refractivity contribution in [3.63, 3.8) is 0 Å². The van der Waals surface area contributed by atoms with E-state index in [1.807, 2.05) is 56.4 Å². The van der Waals surface area contributed by atoms with Gasteiger partial charge in [0.1, 0.15) is 29.7 Å². The molecule has 6 aromatic rings. The first-order valence-electron chi connectivity index (χ1n) is 16.9. The summed E-state index contributed by atoms with van der Waals surface area (Å²) in [5.74, 6) is -0.0424. The number of nitrogens with zero attached hydrogens (tertiary/aromatic N) is 2. The molecule has 6 heteroatoms. The second kappa shape index (κ2) is 14.7. The molecule has 2 heterocycles. The van der Waals surface area contributed by atoms with Crippen molar-refractivity contribution in [2.24, 2.45) is 0 Å². The molecule has 6 nitrogen and oxygen atoms in total. The van der Waals surface area contributed by atoms with Crippen LogP contribution in [0.15, 0.2) is 164 Å². The molecule has 0 spiro atoms. The molecule has 0 bridgehead atoms. The van der Waals surface area contributed by atoms with Crippen LogP contribution < -0.4 is 0 Å². The lowest BCUT2D eigenvalue weighted by molar-refractivity contribution is -0.182. The normalized spacial score (nSPS) is 17.1. The number of ether oxygens (including phenoxy) is 4. The molecular weight excluding hydrogens is 608 g/mol. The van der Waals surface area contributed by atoms with E-state index in [2.05, 4.69) is 126 Å². The Kier molecular flexibility index (Phi) is 9.82. The zero-order valence-electron chi connectivity index (χ0n) is 28.0. The molecular formula is C43H42N2O4. The summed E-state index contributed by atoms with van der Waals surface area (Å²) >= 11 is 0. The minimum absolute atomic E-state index is 0.357. The molecule has 49 heavy (non-hydrogen) atoms. The number of hydrogen-bond donors (Lipinski definition) is 0. The molecule has 1 aliphatic rings. The van der Waals surface area contributed by atoms with Gasteiger partial charge in [-0.15, -0.1) is 0 Å². The van der Waals surface area contributed by atoms with E-state index in [0.717, 1.165) is 33.6 Å². The van der Waals surface area contributed by atoms with Gasteiger partial charge in [0.05, 0.1) is 19.8 Å². The van der Waals surface area contributed by atoms with Gasteiger partial charge >= 0.3 is 0 Å². The Hall–Kier alpha value is -4.85. The summed E-state index contributed by atoms with van der Waals surface area (Å²) < 4.78 is 28.8. The molecule has 0 aliphatic carbocycles. The first-order chi connectivity index (χ1) is 24.0. The summed E-state index contributed by atoms with van der Waals surface area (Å²) in [6, 6.07) is 52.2. The third-order valence-corrected chi connectivity index (χ3v) is 9.11. The van der Waals surface area contributed by atoms with Crippen molar-refractivity contribution >= 4 is 0 Å². The summed E-state index contributed by atoms with van der Waals surface area (Å²) in [5.41, 5.74) is 4.60. The summed E-state index contributed by atoms with van der Waals surface area (Å²) in [5, 5.41) is 0. The zero-order valence-corrected chi connectivity index (χ0v) is 28.0. The Morgan fingerprint density at radius 3 is 1.57 bits per heavy atom. The lowest BCUT2D eigenvalue weighted by Crippen LogP contribution is -2.43. The van der Waals surface area contributed by atoms with Gasteiger partial charge in [0.2, 0.25) is 0 Å². The second-order valence-electron chi connectivity index (χ2n) is 12.8. The summed E-state index contributed by atoms with van der Waals surface area (Å²) in [7, 11) is 0. The van der Waals surface area contributed by atoms with Crippen molar-refractivity contribution in [3.8, 4) is 0 Å². The Labute approximate surface area is 288 Å². The van der Waals surface area contributed by atoms with Gasteiger partial charge in [0, 0.05) is 12.4 Å². The van der Waals surface area contributed by atoms with E-state index >= 15 is 0 Å². The highest BCUT2D eigenvalue weighted by Crippen LogP contribution is 2.44. The molecule has 1 fully saturated rings. The van der Waals surface area contributed by atoms with Gasteiger partial charge in [-0.05, 0) is 41.7 Å². The molecule has 0 unspecified atom stereocenters. The second-order valence-corrected chi connectivity index (χ2v) is 12.8. The van der Waals surface area contributed by atoms with Gasteiger partial charge in [-0.2, -0.15) is 0 Å². The van der Waals surface area contributed by atoms with E-state index < -0.39 is 29.6 Å². The molecule has 1 saturated heterocycles. The molecule has 5 aromatic carbocycles. The lowest BCUT2D eigenvalue weighted by Gasteiger charge is -2.40. The maximum atomic E-state index is 7.00. The lowest BCUT2D eigenvalue weighted by atomic mass is 9.76. The highest BCUT2D eigenvalue weighted by atomic mass is 16.8. The van der Waals surface area contributed by atoms with E-state index in [4.69, 9.17) is 23.9 Å². The molecule has 0 saturated carbocycles. The third kappa shape index (κ3) is 7.00. The van der Waals surface area contributed by atoms with Crippen LogP contribution in [0.2, 0.25) is 0 Å². The van der Waals surface area contributed by atoms with Crippen LogP contribution >= 0.6 is 0 Å². The maximum Gasteiger partial charge on any atom is 0.163 e. The van der Waals surface area contributed by atoms with Crippen molar-refractivity contribution in [2.45, 2.75) is 56.7 Å². The molecule has 1 aromatic heterocycles. The molecule has 0 radical (unpaired) electrons. The van der Waals surface area contributed by atoms with Crippen LogP contribution in [-0.2, 0) is 37.7 Å². The van der Waals surface area contributed by atoms with E-state index in [1.54, 1.807) is 0 Å². The van der Waals surface area contributed by atoms with Crippen LogP contribution in [0.3, 0.4) is 0 Å². The molecule has 3 atom stereocenters. The molecule has 0 amide bonds. The quantitative estimate of drug-likeness (QED) is 0.117. The number of aromatic nitrogens is 2. The van der Waals surface area contributed by atoms with Crippen LogP contribution in [0.5, 0.6) is 0 Å². The topological polar surface area (TPSA) is 54.7 Å². The number of benzene rings is 5. The minimum Gasteiger partial charge on any atom is -0.368 e.